The zero-order chi connectivity index (χ0) is 42.3. The molecule has 3 aliphatic rings. The van der Waals surface area contributed by atoms with E-state index in [1.54, 1.807) is 6.07 Å². The highest BCUT2D eigenvalue weighted by molar-refractivity contribution is 5.87. The molecule has 5 rings (SSSR count). The summed E-state index contributed by atoms with van der Waals surface area (Å²) in [6.45, 7) is -2.52. The molecule has 58 heavy (non-hydrogen) atoms. The van der Waals surface area contributed by atoms with E-state index >= 15 is 0 Å². The van der Waals surface area contributed by atoms with Crippen molar-refractivity contribution < 1.29 is 104 Å². The molecule has 21 nitrogen and oxygen atoms in total. The molecule has 3 saturated heterocycles. The lowest BCUT2D eigenvalue weighted by Gasteiger charge is -2.49. The number of phenols is 2. The van der Waals surface area contributed by atoms with E-state index in [9.17, 15) is 61.0 Å². The van der Waals surface area contributed by atoms with Crippen LogP contribution in [0.1, 0.15) is 11.1 Å². The van der Waals surface area contributed by atoms with Crippen LogP contribution >= 0.6 is 0 Å². The highest BCUT2D eigenvalue weighted by Crippen LogP contribution is 2.35. The zero-order valence-electron chi connectivity index (χ0n) is 31.3. The minimum atomic E-state index is -1.98. The maximum absolute atomic E-state index is 12.8. The van der Waals surface area contributed by atoms with Crippen LogP contribution in [0.4, 0.5) is 0 Å². The third kappa shape index (κ3) is 10.5. The maximum Gasteiger partial charge on any atom is 0.330 e. The van der Waals surface area contributed by atoms with Crippen molar-refractivity contribution in [2.24, 2.45) is 0 Å². The number of aliphatic hydroxyl groups excluding tert-OH is 9. The van der Waals surface area contributed by atoms with Crippen LogP contribution in [0.25, 0.3) is 6.08 Å². The molecule has 0 radical (unpaired) electrons. The lowest BCUT2D eigenvalue weighted by molar-refractivity contribution is -0.391. The molecule has 0 unspecified atom stereocenters. The fourth-order valence-corrected chi connectivity index (χ4v) is 6.49. The maximum atomic E-state index is 12.8. The number of aliphatic hydroxyl groups is 9. The Labute approximate surface area is 331 Å². The molecule has 0 aromatic heterocycles. The predicted molar refractivity (Wildman–Crippen MR) is 191 cm³/mol. The molecule has 324 valence electrons. The van der Waals surface area contributed by atoms with Gasteiger partial charge in [0, 0.05) is 6.08 Å². The Hall–Kier alpha value is -3.75. The first-order valence-electron chi connectivity index (χ1n) is 18.2. The third-order valence-electron chi connectivity index (χ3n) is 9.82. The lowest BCUT2D eigenvalue weighted by Crippen LogP contribution is -2.67. The van der Waals surface area contributed by atoms with Crippen LogP contribution in [0.5, 0.6) is 23.0 Å². The number of methoxy groups -OCH3 is 2. The Morgan fingerprint density at radius 3 is 1.81 bits per heavy atom. The molecule has 0 aliphatic carbocycles. The Bertz CT molecular complexity index is 1660. The van der Waals surface area contributed by atoms with Gasteiger partial charge in [-0.15, -0.1) is 0 Å². The second kappa shape index (κ2) is 20.5. The van der Waals surface area contributed by atoms with Crippen molar-refractivity contribution in [3.63, 3.8) is 0 Å². The van der Waals surface area contributed by atoms with Crippen LogP contribution in [-0.2, 0) is 44.4 Å². The van der Waals surface area contributed by atoms with Gasteiger partial charge in [-0.3, -0.25) is 0 Å². The minimum Gasteiger partial charge on any atom is -0.504 e. The van der Waals surface area contributed by atoms with Crippen molar-refractivity contribution in [2.45, 2.75) is 98.5 Å². The minimum absolute atomic E-state index is 0.122. The number of aromatic hydroxyl groups is 2. The van der Waals surface area contributed by atoms with E-state index in [1.807, 2.05) is 0 Å². The summed E-state index contributed by atoms with van der Waals surface area (Å²) < 4.78 is 50.7. The number of ether oxygens (including phenoxy) is 9. The van der Waals surface area contributed by atoms with Gasteiger partial charge in [-0.1, -0.05) is 12.1 Å². The van der Waals surface area contributed by atoms with Crippen molar-refractivity contribution in [1.29, 1.82) is 0 Å². The summed E-state index contributed by atoms with van der Waals surface area (Å²) in [6, 6.07) is 8.89. The van der Waals surface area contributed by atoms with Gasteiger partial charge in [-0.25, -0.2) is 4.79 Å². The molecule has 0 amide bonds. The standard InChI is InChI=1S/C37H50O21/c1-50-20-7-4-17(11-19(20)41)9-10-52-37-34(58-36-32(49)30(47)27(44)23(14-39)55-36)33(57-35-31(48)29(46)26(43)22(13-38)54-35)28(45)24(56-37)15-53-25(42)8-5-16-3-6-18(40)21(12-16)51-2/h3-8,11-12,22-24,26-41,43-49H,9-10,13-15H2,1-2H3/t22-,23-,24-,26-,27-,28-,29+,30+,31-,32-,33+,34-,35+,36+,37-/m1/s1. The lowest BCUT2D eigenvalue weighted by atomic mass is 9.96. The predicted octanol–water partition coefficient (Wildman–Crippen LogP) is -3.61. The highest BCUT2D eigenvalue weighted by Gasteiger charge is 2.54. The van der Waals surface area contributed by atoms with Gasteiger partial charge in [0.1, 0.15) is 79.9 Å². The van der Waals surface area contributed by atoms with Gasteiger partial charge in [-0.05, 0) is 47.9 Å². The molecule has 3 heterocycles. The number of hydrogen-bond acceptors (Lipinski definition) is 21. The largest absolute Gasteiger partial charge is 0.504 e. The second-order valence-corrected chi connectivity index (χ2v) is 13.7. The Morgan fingerprint density at radius 1 is 0.655 bits per heavy atom. The summed E-state index contributed by atoms with van der Waals surface area (Å²) in [5.74, 6) is -0.834. The number of esters is 1. The number of rotatable bonds is 16. The van der Waals surface area contributed by atoms with Crippen molar-refractivity contribution in [3.05, 3.63) is 53.6 Å². The van der Waals surface area contributed by atoms with Crippen LogP contribution < -0.4 is 9.47 Å². The average Bonchev–Trinajstić information content (AvgIpc) is 3.22. The molecular weight excluding hydrogens is 780 g/mol. The van der Waals surface area contributed by atoms with Gasteiger partial charge in [0.2, 0.25) is 0 Å². The van der Waals surface area contributed by atoms with E-state index in [1.165, 1.54) is 50.6 Å². The fraction of sp³-hybridized carbons (Fsp3) is 0.595. The van der Waals surface area contributed by atoms with Crippen LogP contribution in [0, 0.1) is 0 Å². The van der Waals surface area contributed by atoms with E-state index in [0.29, 0.717) is 11.1 Å². The first-order chi connectivity index (χ1) is 27.7. The molecule has 0 spiro atoms. The SMILES string of the molecule is COc1ccc(CCO[C@@H]2O[C@H](COC(=O)C=Cc3ccc(O)c(OC)c3)[C@@H](O)[C@H](O[C@@H]3O[C@H](CO)[C@@H](O)[C@H](O)[C@H]3O)[C@H]2O[C@@H]2O[C@H](CO)[C@@H](O)[C@H](O)[C@H]2O)cc1O. The van der Waals surface area contributed by atoms with Gasteiger partial charge in [0.05, 0.1) is 34.0 Å². The van der Waals surface area contributed by atoms with E-state index in [2.05, 4.69) is 0 Å². The first-order valence-corrected chi connectivity index (χ1v) is 18.2. The van der Waals surface area contributed by atoms with Gasteiger partial charge < -0.3 is 98.8 Å². The van der Waals surface area contributed by atoms with E-state index in [-0.39, 0.29) is 36.0 Å². The smallest absolute Gasteiger partial charge is 0.330 e. The monoisotopic (exact) mass is 830 g/mol. The van der Waals surface area contributed by atoms with E-state index < -0.39 is 118 Å². The van der Waals surface area contributed by atoms with E-state index in [4.69, 9.17) is 42.6 Å². The molecule has 3 fully saturated rings. The van der Waals surface area contributed by atoms with Crippen LogP contribution in [0.2, 0.25) is 0 Å². The molecule has 2 aromatic carbocycles. The van der Waals surface area contributed by atoms with Crippen LogP contribution in [0.15, 0.2) is 42.5 Å². The van der Waals surface area contributed by atoms with Gasteiger partial charge in [0.25, 0.3) is 0 Å². The highest BCUT2D eigenvalue weighted by atomic mass is 16.8. The van der Waals surface area contributed by atoms with Crippen LogP contribution in [0.3, 0.4) is 0 Å². The molecule has 15 atom stereocenters. The number of phenolic OH excluding ortho intramolecular Hbond substituents is 2. The zero-order valence-corrected chi connectivity index (χ0v) is 31.3. The second-order valence-electron chi connectivity index (χ2n) is 13.7. The Morgan fingerprint density at radius 2 is 1.24 bits per heavy atom. The summed E-state index contributed by atoms with van der Waals surface area (Å²) in [5.41, 5.74) is 1.03. The number of hydrogen-bond donors (Lipinski definition) is 11. The molecular formula is C37H50O21. The Kier molecular flexibility index (Phi) is 16.0. The van der Waals surface area contributed by atoms with Crippen molar-refractivity contribution in [3.8, 4) is 23.0 Å². The summed E-state index contributed by atoms with van der Waals surface area (Å²) in [4.78, 5) is 12.8. The van der Waals surface area contributed by atoms with Gasteiger partial charge in [0.15, 0.2) is 41.9 Å². The summed E-state index contributed by atoms with van der Waals surface area (Å²) in [5, 5.41) is 115. The quantitative estimate of drug-likeness (QED) is 0.0575. The summed E-state index contributed by atoms with van der Waals surface area (Å²) >= 11 is 0. The van der Waals surface area contributed by atoms with Crippen molar-refractivity contribution >= 4 is 12.0 Å². The summed E-state index contributed by atoms with van der Waals surface area (Å²) in [7, 11) is 2.73. The van der Waals surface area contributed by atoms with Crippen LogP contribution in [-0.4, -0.2) is 195 Å². The molecule has 0 saturated carbocycles. The molecule has 21 heteroatoms. The van der Waals surface area contributed by atoms with E-state index in [0.717, 1.165) is 6.08 Å². The Balaban J connectivity index is 1.43. The summed E-state index contributed by atoms with van der Waals surface area (Å²) in [6.07, 6.45) is -24.0. The number of benzene rings is 2. The molecule has 0 bridgehead atoms. The molecule has 3 aliphatic heterocycles. The third-order valence-corrected chi connectivity index (χ3v) is 9.82. The normalized spacial score (nSPS) is 35.5. The van der Waals surface area contributed by atoms with Gasteiger partial charge in [-0.2, -0.15) is 0 Å². The fourth-order valence-electron chi connectivity index (χ4n) is 6.49. The molecule has 11 N–H and O–H groups in total. The first kappa shape index (κ1) is 45.3. The topological polar surface area (TPSA) is 323 Å². The number of carbonyl (C=O) groups excluding carboxylic acids is 1. The number of carbonyl (C=O) groups is 1. The molecule has 2 aromatic rings. The van der Waals surface area contributed by atoms with Crippen molar-refractivity contribution in [2.75, 3.05) is 40.6 Å². The van der Waals surface area contributed by atoms with Crippen molar-refractivity contribution in [1.82, 2.24) is 0 Å². The van der Waals surface area contributed by atoms with Gasteiger partial charge >= 0.3 is 5.97 Å². The average molecular weight is 831 g/mol.